The first kappa shape index (κ1) is 24.3. The molecule has 1 aromatic heterocycles. The van der Waals surface area contributed by atoms with Gasteiger partial charge in [-0.05, 0) is 80.8 Å². The fraction of sp³-hybridized carbons (Fsp3) is 0.480. The minimum absolute atomic E-state index is 0.0229. The van der Waals surface area contributed by atoms with Crippen molar-refractivity contribution in [2.45, 2.75) is 63.4 Å². The van der Waals surface area contributed by atoms with Crippen molar-refractivity contribution in [3.8, 4) is 0 Å². The van der Waals surface area contributed by atoms with Crippen LogP contribution >= 0.6 is 0 Å². The number of hydrogen-bond acceptors (Lipinski definition) is 5. The van der Waals surface area contributed by atoms with Gasteiger partial charge in [0.05, 0.1) is 17.1 Å². The molecule has 2 amide bonds. The van der Waals surface area contributed by atoms with Crippen LogP contribution in [0.5, 0.6) is 0 Å². The highest BCUT2D eigenvalue weighted by molar-refractivity contribution is 7.89. The van der Waals surface area contributed by atoms with Gasteiger partial charge in [0, 0.05) is 37.3 Å². The lowest BCUT2D eigenvalue weighted by Gasteiger charge is -2.27. The number of anilines is 1. The van der Waals surface area contributed by atoms with Crippen molar-refractivity contribution in [3.05, 3.63) is 53.9 Å². The average Bonchev–Trinajstić information content (AvgIpc) is 3.17. The Morgan fingerprint density at radius 1 is 1.12 bits per heavy atom. The maximum absolute atomic E-state index is 12.9. The number of nitrogens with zero attached hydrogens (tertiary/aromatic N) is 2. The molecular weight excluding hydrogens is 452 g/mol. The maximum Gasteiger partial charge on any atom is 0.240 e. The van der Waals surface area contributed by atoms with Gasteiger partial charge in [-0.25, -0.2) is 13.1 Å². The van der Waals surface area contributed by atoms with Gasteiger partial charge in [0.15, 0.2) is 0 Å². The molecule has 1 fully saturated rings. The predicted octanol–water partition coefficient (Wildman–Crippen LogP) is 2.78. The third-order valence-corrected chi connectivity index (χ3v) is 8.29. The quantitative estimate of drug-likeness (QED) is 0.628. The van der Waals surface area contributed by atoms with Gasteiger partial charge in [0.1, 0.15) is 0 Å². The summed E-state index contributed by atoms with van der Waals surface area (Å²) in [5, 5.41) is 2.96. The van der Waals surface area contributed by atoms with E-state index in [-0.39, 0.29) is 34.6 Å². The molecule has 2 heterocycles. The number of aromatic nitrogens is 1. The highest BCUT2D eigenvalue weighted by Crippen LogP contribution is 2.34. The van der Waals surface area contributed by atoms with Crippen molar-refractivity contribution in [1.82, 2.24) is 15.0 Å². The molecule has 1 aliphatic heterocycles. The van der Waals surface area contributed by atoms with Gasteiger partial charge in [-0.1, -0.05) is 6.07 Å². The summed E-state index contributed by atoms with van der Waals surface area (Å²) in [5.74, 6) is 0.161. The van der Waals surface area contributed by atoms with E-state index < -0.39 is 10.0 Å². The van der Waals surface area contributed by atoms with Crippen LogP contribution < -0.4 is 14.9 Å². The standard InChI is InChI=1S/C25H32N4O4S/c1-17-13-21-14-23(10-11-24(21)29(17)18(2)30)34(32,33)28-15-19-6-8-20(9-7-19)25(31)27-16-22-5-3-4-12-26-22/h3-5,10-12,14,17,19-20,28H,6-9,13,15-16H2,1-2H3,(H,27,31). The van der Waals surface area contributed by atoms with E-state index in [1.54, 1.807) is 29.3 Å². The summed E-state index contributed by atoms with van der Waals surface area (Å²) >= 11 is 0. The second-order valence-electron chi connectivity index (χ2n) is 9.34. The van der Waals surface area contributed by atoms with Crippen molar-refractivity contribution >= 4 is 27.5 Å². The number of carbonyl (C=O) groups is 2. The minimum Gasteiger partial charge on any atom is -0.350 e. The number of amides is 2. The summed E-state index contributed by atoms with van der Waals surface area (Å²) in [5.41, 5.74) is 2.50. The molecule has 34 heavy (non-hydrogen) atoms. The zero-order chi connectivity index (χ0) is 24.3. The molecule has 4 rings (SSSR count). The maximum atomic E-state index is 12.9. The fourth-order valence-electron chi connectivity index (χ4n) is 5.02. The van der Waals surface area contributed by atoms with Gasteiger partial charge < -0.3 is 10.2 Å². The monoisotopic (exact) mass is 484 g/mol. The highest BCUT2D eigenvalue weighted by atomic mass is 32.2. The summed E-state index contributed by atoms with van der Waals surface area (Å²) < 4.78 is 28.6. The molecule has 1 atom stereocenters. The van der Waals surface area contributed by atoms with E-state index in [0.717, 1.165) is 42.6 Å². The van der Waals surface area contributed by atoms with Crippen molar-refractivity contribution < 1.29 is 18.0 Å². The second-order valence-corrected chi connectivity index (χ2v) is 11.1. The van der Waals surface area contributed by atoms with E-state index in [9.17, 15) is 18.0 Å². The molecule has 0 radical (unpaired) electrons. The first-order valence-corrected chi connectivity index (χ1v) is 13.3. The van der Waals surface area contributed by atoms with Crippen LogP contribution in [0.1, 0.15) is 50.8 Å². The van der Waals surface area contributed by atoms with Crippen molar-refractivity contribution in [2.75, 3.05) is 11.4 Å². The molecule has 1 aliphatic carbocycles. The molecule has 0 spiro atoms. The Morgan fingerprint density at radius 2 is 1.88 bits per heavy atom. The number of rotatable bonds is 7. The number of nitrogens with one attached hydrogen (secondary N) is 2. The molecule has 2 aromatic rings. The number of benzene rings is 1. The average molecular weight is 485 g/mol. The summed E-state index contributed by atoms with van der Waals surface area (Å²) in [6.45, 7) is 4.26. The number of sulfonamides is 1. The fourth-order valence-corrected chi connectivity index (χ4v) is 6.19. The molecule has 1 aromatic carbocycles. The number of carbonyl (C=O) groups excluding carboxylic acids is 2. The highest BCUT2D eigenvalue weighted by Gasteiger charge is 2.31. The Kier molecular flexibility index (Phi) is 7.33. The van der Waals surface area contributed by atoms with E-state index in [1.807, 2.05) is 25.1 Å². The molecule has 2 aliphatic rings. The molecule has 2 N–H and O–H groups in total. The van der Waals surface area contributed by atoms with Gasteiger partial charge in [0.2, 0.25) is 21.8 Å². The van der Waals surface area contributed by atoms with E-state index in [4.69, 9.17) is 0 Å². The first-order valence-electron chi connectivity index (χ1n) is 11.8. The molecule has 1 saturated carbocycles. The molecule has 182 valence electrons. The lowest BCUT2D eigenvalue weighted by molar-refractivity contribution is -0.126. The Hall–Kier alpha value is -2.78. The largest absolute Gasteiger partial charge is 0.350 e. The van der Waals surface area contributed by atoms with Crippen LogP contribution in [0.3, 0.4) is 0 Å². The zero-order valence-electron chi connectivity index (χ0n) is 19.7. The van der Waals surface area contributed by atoms with Crippen molar-refractivity contribution in [3.63, 3.8) is 0 Å². The van der Waals surface area contributed by atoms with Crippen LogP contribution in [0.25, 0.3) is 0 Å². The number of pyridine rings is 1. The molecule has 9 heteroatoms. The van der Waals surface area contributed by atoms with Gasteiger partial charge in [-0.2, -0.15) is 0 Å². The summed E-state index contributed by atoms with van der Waals surface area (Å²) in [4.78, 5) is 30.6. The second kappa shape index (κ2) is 10.2. The minimum atomic E-state index is -3.65. The third-order valence-electron chi connectivity index (χ3n) is 6.87. The van der Waals surface area contributed by atoms with Gasteiger partial charge >= 0.3 is 0 Å². The van der Waals surface area contributed by atoms with Crippen molar-refractivity contribution in [1.29, 1.82) is 0 Å². The van der Waals surface area contributed by atoms with E-state index in [2.05, 4.69) is 15.0 Å². The molecule has 0 saturated heterocycles. The summed E-state index contributed by atoms with van der Waals surface area (Å²) in [6, 6.07) is 10.6. The molecule has 1 unspecified atom stereocenters. The van der Waals surface area contributed by atoms with E-state index in [0.29, 0.717) is 19.5 Å². The lowest BCUT2D eigenvalue weighted by Crippen LogP contribution is -2.36. The first-order chi connectivity index (χ1) is 16.2. The van der Waals surface area contributed by atoms with Crippen LogP contribution in [0, 0.1) is 11.8 Å². The Morgan fingerprint density at radius 3 is 2.56 bits per heavy atom. The number of hydrogen-bond donors (Lipinski definition) is 2. The van der Waals surface area contributed by atoms with Crippen LogP contribution in [-0.4, -0.2) is 37.8 Å². The predicted molar refractivity (Wildman–Crippen MR) is 129 cm³/mol. The summed E-state index contributed by atoms with van der Waals surface area (Å²) in [6.07, 6.45) is 5.46. The van der Waals surface area contributed by atoms with Gasteiger partial charge in [-0.15, -0.1) is 0 Å². The topological polar surface area (TPSA) is 108 Å². The molecular formula is C25H32N4O4S. The van der Waals surface area contributed by atoms with E-state index >= 15 is 0 Å². The Labute approximate surface area is 201 Å². The zero-order valence-corrected chi connectivity index (χ0v) is 20.5. The van der Waals surface area contributed by atoms with Crippen LogP contribution in [0.15, 0.2) is 47.5 Å². The Balaban J connectivity index is 1.27. The Bertz CT molecular complexity index is 1140. The molecule has 8 nitrogen and oxygen atoms in total. The normalized spacial score (nSPS) is 22.3. The SMILES string of the molecule is CC(=O)N1c2ccc(S(=O)(=O)NCC3CCC(C(=O)NCc4ccccn4)CC3)cc2CC1C. The molecule has 0 bridgehead atoms. The number of fused-ring (bicyclic) bond motifs is 1. The van der Waals surface area contributed by atoms with Crippen LogP contribution in [0.4, 0.5) is 5.69 Å². The summed E-state index contributed by atoms with van der Waals surface area (Å²) in [7, 11) is -3.65. The van der Waals surface area contributed by atoms with Crippen LogP contribution in [0.2, 0.25) is 0 Å². The lowest BCUT2D eigenvalue weighted by atomic mass is 9.81. The van der Waals surface area contributed by atoms with Crippen molar-refractivity contribution in [2.24, 2.45) is 11.8 Å². The van der Waals surface area contributed by atoms with Crippen LogP contribution in [-0.2, 0) is 32.6 Å². The third kappa shape index (κ3) is 5.47. The van der Waals surface area contributed by atoms with E-state index in [1.165, 1.54) is 6.92 Å². The van der Waals surface area contributed by atoms with Gasteiger partial charge in [-0.3, -0.25) is 14.6 Å². The van der Waals surface area contributed by atoms with Gasteiger partial charge in [0.25, 0.3) is 0 Å². The smallest absolute Gasteiger partial charge is 0.240 e.